The van der Waals surface area contributed by atoms with E-state index >= 15 is 0 Å². The summed E-state index contributed by atoms with van der Waals surface area (Å²) in [5.41, 5.74) is 0.350. The maximum absolute atomic E-state index is 12.7. The molecule has 1 amide bonds. The smallest absolute Gasteiger partial charge is 0.225 e. The Balaban J connectivity index is 1.79. The van der Waals surface area contributed by atoms with Crippen molar-refractivity contribution < 1.29 is 14.1 Å². The third-order valence-electron chi connectivity index (χ3n) is 4.58. The molecule has 6 nitrogen and oxygen atoms in total. The number of carbonyl (C=O) groups excluding carboxylic acids is 1. The molecule has 0 bridgehead atoms. The average Bonchev–Trinajstić information content (AvgIpc) is 3.03. The third-order valence-corrected chi connectivity index (χ3v) is 4.58. The van der Waals surface area contributed by atoms with Crippen molar-refractivity contribution in [3.05, 3.63) is 41.5 Å². The normalized spacial score (nSPS) is 16.6. The highest BCUT2D eigenvalue weighted by Crippen LogP contribution is 2.35. The van der Waals surface area contributed by atoms with E-state index < -0.39 is 5.54 Å². The Hall–Kier alpha value is -2.37. The largest absolute Gasteiger partial charge is 0.496 e. The molecule has 2 aromatic rings. The second kappa shape index (κ2) is 7.03. The van der Waals surface area contributed by atoms with Crippen LogP contribution in [0.2, 0.25) is 0 Å². The fraction of sp³-hybridized carbons (Fsp3) is 0.500. The molecule has 6 heteroatoms. The summed E-state index contributed by atoms with van der Waals surface area (Å²) in [6.07, 6.45) is 5.20. The van der Waals surface area contributed by atoms with Gasteiger partial charge in [-0.25, -0.2) is 0 Å². The van der Waals surface area contributed by atoms with Gasteiger partial charge in [0.2, 0.25) is 11.8 Å². The maximum Gasteiger partial charge on any atom is 0.225 e. The summed E-state index contributed by atoms with van der Waals surface area (Å²) in [6.45, 7) is 1.77. The summed E-state index contributed by atoms with van der Waals surface area (Å²) in [4.78, 5) is 17.1. The fourth-order valence-electron chi connectivity index (χ4n) is 3.39. The van der Waals surface area contributed by atoms with E-state index in [1.807, 2.05) is 24.3 Å². The fourth-order valence-corrected chi connectivity index (χ4v) is 3.39. The van der Waals surface area contributed by atoms with Crippen LogP contribution >= 0.6 is 0 Å². The van der Waals surface area contributed by atoms with Gasteiger partial charge < -0.3 is 14.6 Å². The van der Waals surface area contributed by atoms with Crippen LogP contribution in [0.1, 0.15) is 49.4 Å². The summed E-state index contributed by atoms with van der Waals surface area (Å²) in [5, 5.41) is 7.26. The molecular formula is C18H23N3O3. The molecule has 1 heterocycles. The summed E-state index contributed by atoms with van der Waals surface area (Å²) < 4.78 is 10.5. The minimum atomic E-state index is -0.519. The number of amides is 1. The molecule has 0 saturated heterocycles. The zero-order chi connectivity index (χ0) is 17.0. The van der Waals surface area contributed by atoms with Crippen molar-refractivity contribution in [1.82, 2.24) is 15.5 Å². The molecule has 1 saturated carbocycles. The highest BCUT2D eigenvalue weighted by molar-refractivity contribution is 5.80. The minimum absolute atomic E-state index is 0.0520. The Morgan fingerprint density at radius 3 is 2.71 bits per heavy atom. The van der Waals surface area contributed by atoms with Crippen LogP contribution in [-0.4, -0.2) is 23.2 Å². The molecule has 128 valence electrons. The number of carbonyl (C=O) groups is 1. The van der Waals surface area contributed by atoms with Gasteiger partial charge in [0, 0.05) is 12.5 Å². The lowest BCUT2D eigenvalue weighted by Gasteiger charge is -2.35. The van der Waals surface area contributed by atoms with Crippen LogP contribution in [0.4, 0.5) is 0 Å². The van der Waals surface area contributed by atoms with E-state index in [0.29, 0.717) is 11.7 Å². The zero-order valence-corrected chi connectivity index (χ0v) is 14.2. The number of rotatable bonds is 5. The summed E-state index contributed by atoms with van der Waals surface area (Å²) in [5.74, 6) is 1.78. The molecule has 1 aliphatic rings. The highest BCUT2D eigenvalue weighted by Gasteiger charge is 2.39. The zero-order valence-electron chi connectivity index (χ0n) is 14.2. The Kier molecular flexibility index (Phi) is 4.83. The summed E-state index contributed by atoms with van der Waals surface area (Å²) in [7, 11) is 1.61. The number of para-hydroxylation sites is 1. The van der Waals surface area contributed by atoms with Crippen LogP contribution in [0.3, 0.4) is 0 Å². The third kappa shape index (κ3) is 3.42. The predicted molar refractivity (Wildman–Crippen MR) is 88.6 cm³/mol. The Morgan fingerprint density at radius 2 is 2.04 bits per heavy atom. The molecule has 1 aliphatic carbocycles. The molecule has 24 heavy (non-hydrogen) atoms. The Morgan fingerprint density at radius 1 is 1.29 bits per heavy atom. The average molecular weight is 329 g/mol. The van der Waals surface area contributed by atoms with Crippen LogP contribution in [-0.2, 0) is 16.8 Å². The maximum atomic E-state index is 12.7. The SMILES string of the molecule is COc1ccccc1CC(=O)NC1(c2noc(C)n2)CCCCC1. The Labute approximate surface area is 141 Å². The van der Waals surface area contributed by atoms with Gasteiger partial charge in [-0.1, -0.05) is 42.6 Å². The van der Waals surface area contributed by atoms with E-state index in [0.717, 1.165) is 37.0 Å². The van der Waals surface area contributed by atoms with Crippen LogP contribution in [0.15, 0.2) is 28.8 Å². The quantitative estimate of drug-likeness (QED) is 0.912. The standard InChI is InChI=1S/C18H23N3O3/c1-13-19-17(21-24-13)18(10-6-3-7-11-18)20-16(22)12-14-8-4-5-9-15(14)23-2/h4-5,8-9H,3,6-7,10-12H2,1-2H3,(H,20,22). The topological polar surface area (TPSA) is 77.2 Å². The van der Waals surface area contributed by atoms with E-state index in [9.17, 15) is 4.79 Å². The molecule has 0 unspecified atom stereocenters. The van der Waals surface area contributed by atoms with Crippen molar-refractivity contribution in [3.63, 3.8) is 0 Å². The lowest BCUT2D eigenvalue weighted by molar-refractivity contribution is -0.123. The number of benzene rings is 1. The lowest BCUT2D eigenvalue weighted by Crippen LogP contribution is -2.48. The number of methoxy groups -OCH3 is 1. The first-order chi connectivity index (χ1) is 11.6. The second-order valence-electron chi connectivity index (χ2n) is 6.32. The molecule has 0 radical (unpaired) electrons. The van der Waals surface area contributed by atoms with Crippen LogP contribution < -0.4 is 10.1 Å². The van der Waals surface area contributed by atoms with Gasteiger partial charge in [0.25, 0.3) is 0 Å². The van der Waals surface area contributed by atoms with Gasteiger partial charge in [-0.05, 0) is 18.9 Å². The predicted octanol–water partition coefficient (Wildman–Crippen LogP) is 2.90. The molecule has 1 aromatic carbocycles. The van der Waals surface area contributed by atoms with Gasteiger partial charge in [0.1, 0.15) is 11.3 Å². The second-order valence-corrected chi connectivity index (χ2v) is 6.32. The lowest BCUT2D eigenvalue weighted by atomic mass is 9.80. The van der Waals surface area contributed by atoms with Crippen molar-refractivity contribution >= 4 is 5.91 Å². The molecule has 0 atom stereocenters. The number of ether oxygens (including phenoxy) is 1. The van der Waals surface area contributed by atoms with Gasteiger partial charge >= 0.3 is 0 Å². The van der Waals surface area contributed by atoms with Gasteiger partial charge in [-0.15, -0.1) is 0 Å². The first-order valence-electron chi connectivity index (χ1n) is 8.37. The van der Waals surface area contributed by atoms with Crippen LogP contribution in [0.25, 0.3) is 0 Å². The van der Waals surface area contributed by atoms with Crippen molar-refractivity contribution in [3.8, 4) is 5.75 Å². The van der Waals surface area contributed by atoms with Crippen molar-refractivity contribution in [2.75, 3.05) is 7.11 Å². The molecule has 0 aliphatic heterocycles. The minimum Gasteiger partial charge on any atom is -0.496 e. The van der Waals surface area contributed by atoms with Gasteiger partial charge in [-0.2, -0.15) is 4.98 Å². The molecule has 1 aromatic heterocycles. The van der Waals surface area contributed by atoms with Crippen molar-refractivity contribution in [1.29, 1.82) is 0 Å². The molecule has 1 fully saturated rings. The first-order valence-corrected chi connectivity index (χ1v) is 8.37. The number of hydrogen-bond acceptors (Lipinski definition) is 5. The van der Waals surface area contributed by atoms with E-state index in [1.54, 1.807) is 14.0 Å². The number of nitrogens with one attached hydrogen (secondary N) is 1. The van der Waals surface area contributed by atoms with Gasteiger partial charge in [0.05, 0.1) is 13.5 Å². The number of nitrogens with zero attached hydrogens (tertiary/aromatic N) is 2. The molecular weight excluding hydrogens is 306 g/mol. The summed E-state index contributed by atoms with van der Waals surface area (Å²) >= 11 is 0. The molecule has 0 spiro atoms. The number of hydrogen-bond donors (Lipinski definition) is 1. The van der Waals surface area contributed by atoms with Crippen molar-refractivity contribution in [2.45, 2.75) is 51.0 Å². The highest BCUT2D eigenvalue weighted by atomic mass is 16.5. The molecule has 3 rings (SSSR count). The number of aryl methyl sites for hydroxylation is 1. The van der Waals surface area contributed by atoms with E-state index in [4.69, 9.17) is 9.26 Å². The molecule has 1 N–H and O–H groups in total. The van der Waals surface area contributed by atoms with Gasteiger partial charge in [0.15, 0.2) is 5.82 Å². The van der Waals surface area contributed by atoms with E-state index in [-0.39, 0.29) is 12.3 Å². The summed E-state index contributed by atoms with van der Waals surface area (Å²) in [6, 6.07) is 7.57. The van der Waals surface area contributed by atoms with Gasteiger partial charge in [-0.3, -0.25) is 4.79 Å². The first kappa shape index (κ1) is 16.5. The number of aromatic nitrogens is 2. The van der Waals surface area contributed by atoms with Crippen molar-refractivity contribution in [2.24, 2.45) is 0 Å². The van der Waals surface area contributed by atoms with E-state index in [2.05, 4.69) is 15.5 Å². The Bertz CT molecular complexity index is 705. The van der Waals surface area contributed by atoms with E-state index in [1.165, 1.54) is 6.42 Å². The van der Waals surface area contributed by atoms with Crippen LogP contribution in [0, 0.1) is 6.92 Å². The monoisotopic (exact) mass is 329 g/mol. The van der Waals surface area contributed by atoms with Crippen LogP contribution in [0.5, 0.6) is 5.75 Å².